The van der Waals surface area contributed by atoms with E-state index in [0.29, 0.717) is 5.75 Å². The average molecular weight is 463 g/mol. The van der Waals surface area contributed by atoms with Crippen LogP contribution in [0.25, 0.3) is 0 Å². The van der Waals surface area contributed by atoms with Gasteiger partial charge in [-0.15, -0.1) is 0 Å². The van der Waals surface area contributed by atoms with Gasteiger partial charge in [-0.05, 0) is 48.5 Å². The van der Waals surface area contributed by atoms with Crippen molar-refractivity contribution in [1.29, 1.82) is 0 Å². The van der Waals surface area contributed by atoms with Gasteiger partial charge in [0.15, 0.2) is 0 Å². The first-order valence-electron chi connectivity index (χ1n) is 10.1. The summed E-state index contributed by atoms with van der Waals surface area (Å²) in [5.74, 6) is -4.09. The monoisotopic (exact) mass is 463 g/mol. The molecule has 1 amide bonds. The molecule has 9 nitrogen and oxygen atoms in total. The summed E-state index contributed by atoms with van der Waals surface area (Å²) in [4.78, 5) is 50.2. The number of carboxylic acids is 1. The predicted octanol–water partition coefficient (Wildman–Crippen LogP) is 3.17. The van der Waals surface area contributed by atoms with E-state index >= 15 is 0 Å². The summed E-state index contributed by atoms with van der Waals surface area (Å²) < 4.78 is 15.4. The number of benzene rings is 3. The summed E-state index contributed by atoms with van der Waals surface area (Å²) in [7, 11) is 1.48. The molecular formula is C25H21NO8. The maximum absolute atomic E-state index is 13.0. The number of ether oxygens (including phenoxy) is 3. The molecule has 0 spiro atoms. The lowest BCUT2D eigenvalue weighted by Gasteiger charge is -2.23. The van der Waals surface area contributed by atoms with Crippen LogP contribution in [-0.4, -0.2) is 48.2 Å². The number of methoxy groups -OCH3 is 1. The number of amides is 1. The Morgan fingerprint density at radius 3 is 1.62 bits per heavy atom. The van der Waals surface area contributed by atoms with E-state index in [1.807, 2.05) is 0 Å². The first kappa shape index (κ1) is 24.0. The Bertz CT molecular complexity index is 1150. The lowest BCUT2D eigenvalue weighted by atomic mass is 10.1. The van der Waals surface area contributed by atoms with Gasteiger partial charge in [0.05, 0.1) is 18.2 Å². The minimum atomic E-state index is -2.11. The second-order valence-electron chi connectivity index (χ2n) is 6.94. The minimum Gasteiger partial charge on any atom is -0.497 e. The molecule has 0 aliphatic heterocycles. The molecule has 2 atom stereocenters. The number of nitrogens with one attached hydrogen (secondary N) is 1. The maximum Gasteiger partial charge on any atom is 0.349 e. The van der Waals surface area contributed by atoms with Gasteiger partial charge in [-0.2, -0.15) is 0 Å². The minimum absolute atomic E-state index is 0.0671. The van der Waals surface area contributed by atoms with Gasteiger partial charge < -0.3 is 24.6 Å². The van der Waals surface area contributed by atoms with Crippen LogP contribution in [0.2, 0.25) is 0 Å². The zero-order chi connectivity index (χ0) is 24.5. The Morgan fingerprint density at radius 1 is 0.706 bits per heavy atom. The van der Waals surface area contributed by atoms with Crippen molar-refractivity contribution in [1.82, 2.24) is 0 Å². The standard InChI is InChI=1S/C25H21NO8/c1-32-19-14-12-18(13-15-19)26-22(27)20(33-24(30)16-8-4-2-5-9-16)21(23(28)29)34-25(31)17-10-6-3-7-11-17/h2-15,20-21H,1H3,(H,26,27)(H,28,29)/t20-,21+/m1/s1. The van der Waals surface area contributed by atoms with Crippen LogP contribution < -0.4 is 10.1 Å². The van der Waals surface area contributed by atoms with E-state index in [9.17, 15) is 24.3 Å². The van der Waals surface area contributed by atoms with E-state index in [1.54, 1.807) is 48.5 Å². The highest BCUT2D eigenvalue weighted by molar-refractivity contribution is 6.01. The number of carboxylic acid groups (broad SMARTS) is 1. The van der Waals surface area contributed by atoms with E-state index in [2.05, 4.69) is 5.32 Å². The third-order valence-corrected chi connectivity index (χ3v) is 4.62. The third-order valence-electron chi connectivity index (χ3n) is 4.62. The molecule has 0 saturated carbocycles. The van der Waals surface area contributed by atoms with Gasteiger partial charge in [0, 0.05) is 5.69 Å². The van der Waals surface area contributed by atoms with Crippen molar-refractivity contribution in [3.05, 3.63) is 96.1 Å². The van der Waals surface area contributed by atoms with Crippen LogP contribution in [0.4, 0.5) is 5.69 Å². The molecule has 9 heteroatoms. The molecule has 0 bridgehead atoms. The maximum atomic E-state index is 13.0. The van der Waals surface area contributed by atoms with Crippen molar-refractivity contribution in [3.63, 3.8) is 0 Å². The fraction of sp³-hybridized carbons (Fsp3) is 0.120. The molecular weight excluding hydrogens is 442 g/mol. The Balaban J connectivity index is 1.88. The fourth-order valence-corrected chi connectivity index (χ4v) is 2.90. The highest BCUT2D eigenvalue weighted by Crippen LogP contribution is 2.18. The van der Waals surface area contributed by atoms with Crippen LogP contribution in [0.3, 0.4) is 0 Å². The van der Waals surface area contributed by atoms with Gasteiger partial charge in [0.1, 0.15) is 5.75 Å². The zero-order valence-electron chi connectivity index (χ0n) is 18.0. The van der Waals surface area contributed by atoms with Crippen LogP contribution in [0.5, 0.6) is 5.75 Å². The lowest BCUT2D eigenvalue weighted by molar-refractivity contribution is -0.157. The Kier molecular flexibility index (Phi) is 7.96. The largest absolute Gasteiger partial charge is 0.497 e. The number of esters is 2. The molecule has 0 heterocycles. The topological polar surface area (TPSA) is 128 Å². The van der Waals surface area contributed by atoms with Gasteiger partial charge in [-0.25, -0.2) is 14.4 Å². The highest BCUT2D eigenvalue weighted by atomic mass is 16.6. The van der Waals surface area contributed by atoms with E-state index in [1.165, 1.54) is 43.5 Å². The molecule has 0 unspecified atom stereocenters. The van der Waals surface area contributed by atoms with E-state index in [-0.39, 0.29) is 16.8 Å². The smallest absolute Gasteiger partial charge is 0.349 e. The number of anilines is 1. The van der Waals surface area contributed by atoms with Crippen molar-refractivity contribution in [2.75, 3.05) is 12.4 Å². The molecule has 2 N–H and O–H groups in total. The van der Waals surface area contributed by atoms with Crippen LogP contribution in [0, 0.1) is 0 Å². The first-order chi connectivity index (χ1) is 16.4. The normalized spacial score (nSPS) is 12.0. The van der Waals surface area contributed by atoms with Crippen molar-refractivity contribution in [2.24, 2.45) is 0 Å². The molecule has 174 valence electrons. The molecule has 0 aromatic heterocycles. The fourth-order valence-electron chi connectivity index (χ4n) is 2.90. The number of aliphatic carboxylic acids is 1. The molecule has 3 rings (SSSR count). The van der Waals surface area contributed by atoms with E-state index in [0.717, 1.165) is 0 Å². The number of rotatable bonds is 9. The quantitative estimate of drug-likeness (QED) is 0.463. The van der Waals surface area contributed by atoms with Crippen molar-refractivity contribution in [3.8, 4) is 5.75 Å². The third kappa shape index (κ3) is 6.19. The van der Waals surface area contributed by atoms with E-state index in [4.69, 9.17) is 14.2 Å². The Labute approximate surface area is 194 Å². The molecule has 0 fully saturated rings. The molecule has 34 heavy (non-hydrogen) atoms. The summed E-state index contributed by atoms with van der Waals surface area (Å²) in [6.07, 6.45) is -4.10. The molecule has 3 aromatic rings. The molecule has 0 saturated heterocycles. The first-order valence-corrected chi connectivity index (χ1v) is 10.1. The molecule has 0 aliphatic rings. The van der Waals surface area contributed by atoms with E-state index < -0.39 is 36.0 Å². The summed E-state index contributed by atoms with van der Waals surface area (Å²) in [6.45, 7) is 0. The SMILES string of the molecule is COc1ccc(NC(=O)[C@H](OC(=O)c2ccccc2)[C@H](OC(=O)c2ccccc2)C(=O)O)cc1. The second-order valence-corrected chi connectivity index (χ2v) is 6.94. The van der Waals surface area contributed by atoms with Crippen LogP contribution >= 0.6 is 0 Å². The average Bonchev–Trinajstić information content (AvgIpc) is 2.87. The summed E-state index contributed by atoms with van der Waals surface area (Å²) in [5.41, 5.74) is 0.436. The summed E-state index contributed by atoms with van der Waals surface area (Å²) >= 11 is 0. The zero-order valence-corrected chi connectivity index (χ0v) is 18.0. The van der Waals surface area contributed by atoms with Gasteiger partial charge >= 0.3 is 17.9 Å². The van der Waals surface area contributed by atoms with Gasteiger partial charge in [0.25, 0.3) is 5.91 Å². The number of carbonyl (C=O) groups excluding carboxylic acids is 3. The predicted molar refractivity (Wildman–Crippen MR) is 121 cm³/mol. The number of hydrogen-bond donors (Lipinski definition) is 2. The van der Waals surface area contributed by atoms with Crippen molar-refractivity contribution in [2.45, 2.75) is 12.2 Å². The lowest BCUT2D eigenvalue weighted by Crippen LogP contribution is -2.48. The summed E-state index contributed by atoms with van der Waals surface area (Å²) in [6, 6.07) is 21.5. The van der Waals surface area contributed by atoms with Gasteiger partial charge in [-0.3, -0.25) is 4.79 Å². The van der Waals surface area contributed by atoms with Gasteiger partial charge in [0.2, 0.25) is 12.2 Å². The van der Waals surface area contributed by atoms with Crippen molar-refractivity contribution >= 4 is 29.5 Å². The van der Waals surface area contributed by atoms with Crippen LogP contribution in [-0.2, 0) is 19.1 Å². The van der Waals surface area contributed by atoms with Crippen LogP contribution in [0.1, 0.15) is 20.7 Å². The molecule has 0 aliphatic carbocycles. The molecule has 0 radical (unpaired) electrons. The second kappa shape index (κ2) is 11.3. The Morgan fingerprint density at radius 2 is 1.18 bits per heavy atom. The number of carbonyl (C=O) groups is 4. The van der Waals surface area contributed by atoms with Crippen LogP contribution in [0.15, 0.2) is 84.9 Å². The number of hydrogen-bond acceptors (Lipinski definition) is 7. The molecule has 3 aromatic carbocycles. The summed E-state index contributed by atoms with van der Waals surface area (Å²) in [5, 5.41) is 12.2. The highest BCUT2D eigenvalue weighted by Gasteiger charge is 2.41. The Hall–Kier alpha value is -4.66. The van der Waals surface area contributed by atoms with Crippen molar-refractivity contribution < 1.29 is 38.5 Å². The van der Waals surface area contributed by atoms with Gasteiger partial charge in [-0.1, -0.05) is 36.4 Å².